The van der Waals surface area contributed by atoms with Crippen molar-refractivity contribution in [2.45, 2.75) is 71.6 Å². The average molecular weight is 528 g/mol. The summed E-state index contributed by atoms with van der Waals surface area (Å²) in [6.45, 7) is 10.0. The van der Waals surface area contributed by atoms with E-state index in [0.29, 0.717) is 63.9 Å². The van der Waals surface area contributed by atoms with E-state index < -0.39 is 11.8 Å². The first kappa shape index (κ1) is 28.1. The quantitative estimate of drug-likeness (QED) is 0.546. The summed E-state index contributed by atoms with van der Waals surface area (Å²) in [6, 6.07) is 8.15. The third-order valence-corrected chi connectivity index (χ3v) is 7.72. The van der Waals surface area contributed by atoms with E-state index in [0.717, 1.165) is 0 Å². The highest BCUT2D eigenvalue weighted by atomic mass is 16.5. The highest BCUT2D eigenvalue weighted by molar-refractivity contribution is 5.98. The van der Waals surface area contributed by atoms with Crippen molar-refractivity contribution in [3.05, 3.63) is 35.9 Å². The molecule has 2 atom stereocenters. The molecule has 2 unspecified atom stereocenters. The number of nitrogens with zero attached hydrogens (tertiary/aromatic N) is 3. The van der Waals surface area contributed by atoms with Gasteiger partial charge in [0.1, 0.15) is 11.8 Å². The Morgan fingerprint density at radius 1 is 1.03 bits per heavy atom. The number of carbonyl (C=O) groups excluding carboxylic acids is 4. The zero-order chi connectivity index (χ0) is 27.5. The molecule has 208 valence electrons. The number of hydrogen-bond donors (Lipinski definition) is 0. The van der Waals surface area contributed by atoms with E-state index in [9.17, 15) is 19.2 Å². The molecule has 1 aromatic rings. The SMILES string of the molecule is CCOC(=O)C1CCCN(C(=O)C2COC3(CCN(C(=O)CC(C)(C)C)CC3)N2C(=O)c2ccccc2)C1. The monoisotopic (exact) mass is 527 g/mol. The molecule has 0 saturated carbocycles. The number of benzene rings is 1. The van der Waals surface area contributed by atoms with E-state index in [4.69, 9.17) is 9.47 Å². The lowest BCUT2D eigenvalue weighted by atomic mass is 9.90. The van der Waals surface area contributed by atoms with Crippen LogP contribution in [0.3, 0.4) is 0 Å². The normalized spacial score (nSPS) is 23.4. The molecule has 3 heterocycles. The van der Waals surface area contributed by atoms with Crippen LogP contribution in [0.1, 0.15) is 70.2 Å². The Balaban J connectivity index is 1.55. The second-order valence-electron chi connectivity index (χ2n) is 11.8. The molecule has 1 aromatic carbocycles. The van der Waals surface area contributed by atoms with Gasteiger partial charge in [0.15, 0.2) is 0 Å². The van der Waals surface area contributed by atoms with Gasteiger partial charge in [0.2, 0.25) is 11.8 Å². The maximum Gasteiger partial charge on any atom is 0.310 e. The molecule has 3 amide bonds. The van der Waals surface area contributed by atoms with Crippen molar-refractivity contribution >= 4 is 23.7 Å². The van der Waals surface area contributed by atoms with Gasteiger partial charge in [-0.3, -0.25) is 24.1 Å². The summed E-state index contributed by atoms with van der Waals surface area (Å²) in [5.41, 5.74) is -0.578. The molecule has 3 aliphatic heterocycles. The average Bonchev–Trinajstić information content (AvgIpc) is 3.26. The van der Waals surface area contributed by atoms with Crippen LogP contribution in [0.4, 0.5) is 0 Å². The highest BCUT2D eigenvalue weighted by Gasteiger charge is 2.55. The molecule has 1 spiro atoms. The molecular formula is C29H41N3O6. The molecule has 0 aromatic heterocycles. The molecule has 9 heteroatoms. The van der Waals surface area contributed by atoms with Crippen LogP contribution in [0.2, 0.25) is 0 Å². The Morgan fingerprint density at radius 3 is 2.34 bits per heavy atom. The van der Waals surface area contributed by atoms with Crippen molar-refractivity contribution in [3.63, 3.8) is 0 Å². The molecule has 0 N–H and O–H groups in total. The van der Waals surface area contributed by atoms with Crippen LogP contribution < -0.4 is 0 Å². The van der Waals surface area contributed by atoms with Gasteiger partial charge in [-0.05, 0) is 37.3 Å². The summed E-state index contributed by atoms with van der Waals surface area (Å²) in [5.74, 6) is -1.01. The molecule has 9 nitrogen and oxygen atoms in total. The molecule has 3 aliphatic rings. The summed E-state index contributed by atoms with van der Waals surface area (Å²) in [5, 5.41) is 0. The maximum atomic E-state index is 13.9. The van der Waals surface area contributed by atoms with E-state index >= 15 is 0 Å². The van der Waals surface area contributed by atoms with Crippen molar-refractivity contribution in [1.82, 2.24) is 14.7 Å². The van der Waals surface area contributed by atoms with Gasteiger partial charge in [-0.25, -0.2) is 0 Å². The van der Waals surface area contributed by atoms with Crippen molar-refractivity contribution in [2.24, 2.45) is 11.3 Å². The minimum atomic E-state index is -0.956. The van der Waals surface area contributed by atoms with Gasteiger partial charge in [0.05, 0.1) is 19.1 Å². The van der Waals surface area contributed by atoms with Crippen LogP contribution in [-0.2, 0) is 23.9 Å². The number of ether oxygens (including phenoxy) is 2. The van der Waals surface area contributed by atoms with Crippen molar-refractivity contribution in [2.75, 3.05) is 39.4 Å². The number of hydrogen-bond acceptors (Lipinski definition) is 6. The van der Waals surface area contributed by atoms with Crippen LogP contribution in [0, 0.1) is 11.3 Å². The van der Waals surface area contributed by atoms with Crippen LogP contribution >= 0.6 is 0 Å². The number of esters is 1. The number of amides is 3. The summed E-state index contributed by atoms with van der Waals surface area (Å²) in [7, 11) is 0. The second-order valence-corrected chi connectivity index (χ2v) is 11.8. The van der Waals surface area contributed by atoms with Crippen LogP contribution in [0.15, 0.2) is 30.3 Å². The standard InChI is InChI=1S/C29H41N3O6/c1-5-37-27(36)22-12-9-15-31(19-22)26(35)23-20-38-29(32(23)25(34)21-10-7-6-8-11-21)13-16-30(17-14-29)24(33)18-28(2,3)4/h6-8,10-11,22-23H,5,9,12-20H2,1-4H3. The first-order valence-corrected chi connectivity index (χ1v) is 13.8. The first-order chi connectivity index (χ1) is 18.0. The Labute approximate surface area is 225 Å². The Morgan fingerprint density at radius 2 is 1.71 bits per heavy atom. The van der Waals surface area contributed by atoms with Gasteiger partial charge in [0, 0.05) is 51.0 Å². The third kappa shape index (κ3) is 6.03. The van der Waals surface area contributed by atoms with Gasteiger partial charge in [0.25, 0.3) is 5.91 Å². The number of piperidine rings is 2. The molecule has 3 fully saturated rings. The fourth-order valence-electron chi connectivity index (χ4n) is 5.79. The number of likely N-dealkylation sites (tertiary alicyclic amines) is 2. The summed E-state index contributed by atoms with van der Waals surface area (Å²) < 4.78 is 11.5. The molecule has 38 heavy (non-hydrogen) atoms. The van der Waals surface area contributed by atoms with Crippen molar-refractivity contribution in [3.8, 4) is 0 Å². The summed E-state index contributed by atoms with van der Waals surface area (Å²) in [4.78, 5) is 58.2. The number of rotatable bonds is 5. The van der Waals surface area contributed by atoms with E-state index in [2.05, 4.69) is 0 Å². The Hall–Kier alpha value is -2.94. The lowest BCUT2D eigenvalue weighted by molar-refractivity contribution is -0.153. The minimum Gasteiger partial charge on any atom is -0.466 e. The molecule has 0 radical (unpaired) electrons. The lowest BCUT2D eigenvalue weighted by Crippen LogP contribution is -2.60. The Bertz CT molecular complexity index is 1030. The molecule has 3 saturated heterocycles. The molecule has 0 bridgehead atoms. The third-order valence-electron chi connectivity index (χ3n) is 7.72. The van der Waals surface area contributed by atoms with Crippen LogP contribution in [0.25, 0.3) is 0 Å². The van der Waals surface area contributed by atoms with E-state index in [1.165, 1.54) is 0 Å². The topological polar surface area (TPSA) is 96.5 Å². The summed E-state index contributed by atoms with van der Waals surface area (Å²) in [6.07, 6.45) is 2.71. The van der Waals surface area contributed by atoms with Crippen LogP contribution in [0.5, 0.6) is 0 Å². The predicted molar refractivity (Wildman–Crippen MR) is 141 cm³/mol. The predicted octanol–water partition coefficient (Wildman–Crippen LogP) is 3.08. The number of carbonyl (C=O) groups is 4. The summed E-state index contributed by atoms with van der Waals surface area (Å²) >= 11 is 0. The van der Waals surface area contributed by atoms with Crippen LogP contribution in [-0.4, -0.2) is 89.6 Å². The molecule has 0 aliphatic carbocycles. The lowest BCUT2D eigenvalue weighted by Gasteiger charge is -2.45. The fourth-order valence-corrected chi connectivity index (χ4v) is 5.79. The second kappa shape index (κ2) is 11.4. The minimum absolute atomic E-state index is 0.0912. The van der Waals surface area contributed by atoms with Crippen molar-refractivity contribution in [1.29, 1.82) is 0 Å². The smallest absolute Gasteiger partial charge is 0.310 e. The van der Waals surface area contributed by atoms with Gasteiger partial charge in [-0.2, -0.15) is 0 Å². The van der Waals surface area contributed by atoms with Gasteiger partial charge >= 0.3 is 5.97 Å². The van der Waals surface area contributed by atoms with Gasteiger partial charge in [-0.1, -0.05) is 39.0 Å². The van der Waals surface area contributed by atoms with Crippen molar-refractivity contribution < 1.29 is 28.7 Å². The largest absolute Gasteiger partial charge is 0.466 e. The first-order valence-electron chi connectivity index (χ1n) is 13.8. The highest BCUT2D eigenvalue weighted by Crippen LogP contribution is 2.39. The zero-order valence-electron chi connectivity index (χ0n) is 23.1. The zero-order valence-corrected chi connectivity index (χ0v) is 23.1. The maximum absolute atomic E-state index is 13.9. The van der Waals surface area contributed by atoms with Gasteiger partial charge in [-0.15, -0.1) is 0 Å². The molecule has 4 rings (SSSR count). The van der Waals surface area contributed by atoms with Gasteiger partial charge < -0.3 is 19.3 Å². The molecular weight excluding hydrogens is 486 g/mol. The van der Waals surface area contributed by atoms with E-state index in [1.54, 1.807) is 41.0 Å². The Kier molecular flexibility index (Phi) is 8.45. The fraction of sp³-hybridized carbons (Fsp3) is 0.655. The van der Waals surface area contributed by atoms with E-state index in [1.807, 2.05) is 31.7 Å². The van der Waals surface area contributed by atoms with E-state index in [-0.39, 0.29) is 48.2 Å².